The molecule has 0 spiro atoms. The van der Waals surface area contributed by atoms with Gasteiger partial charge in [0.05, 0.1) is 30.1 Å². The molecule has 0 bridgehead atoms. The highest BCUT2D eigenvalue weighted by Crippen LogP contribution is 2.33. The van der Waals surface area contributed by atoms with Gasteiger partial charge >= 0.3 is 0 Å². The Bertz CT molecular complexity index is 1470. The lowest BCUT2D eigenvalue weighted by Gasteiger charge is -2.30. The molecule has 2 aromatic carbocycles. The van der Waals surface area contributed by atoms with E-state index in [1.807, 2.05) is 12.1 Å². The molecule has 3 aromatic rings. The number of carbonyl (C=O) groups excluding carboxylic acids is 2. The van der Waals surface area contributed by atoms with Gasteiger partial charge in [0, 0.05) is 43.0 Å². The molecule has 2 atom stereocenters. The Balaban J connectivity index is 1.32. The van der Waals surface area contributed by atoms with Crippen molar-refractivity contribution < 1.29 is 28.7 Å². The third kappa shape index (κ3) is 5.97. The number of aromatic nitrogens is 2. The lowest BCUT2D eigenvalue weighted by molar-refractivity contribution is -0.179. The molecular weight excluding hydrogens is 553 g/mol. The highest BCUT2D eigenvalue weighted by atomic mass is 35.5. The Labute approximate surface area is 242 Å². The van der Waals surface area contributed by atoms with Gasteiger partial charge in [-0.3, -0.25) is 14.8 Å². The monoisotopic (exact) mass is 583 g/mol. The first-order valence-corrected chi connectivity index (χ1v) is 13.7. The minimum Gasteiger partial charge on any atom is -0.497 e. The van der Waals surface area contributed by atoms with Crippen LogP contribution in [-0.2, 0) is 16.1 Å². The summed E-state index contributed by atoms with van der Waals surface area (Å²) in [6.07, 6.45) is 3.22. The van der Waals surface area contributed by atoms with Crippen LogP contribution in [0, 0.1) is 5.82 Å². The lowest BCUT2D eigenvalue weighted by Crippen LogP contribution is -2.46. The summed E-state index contributed by atoms with van der Waals surface area (Å²) >= 11 is 6.45. The van der Waals surface area contributed by atoms with Gasteiger partial charge in [-0.2, -0.15) is 0 Å². The van der Waals surface area contributed by atoms with Crippen LogP contribution < -0.4 is 10.1 Å². The quantitative estimate of drug-likeness (QED) is 0.285. The van der Waals surface area contributed by atoms with Crippen LogP contribution in [0.5, 0.6) is 5.75 Å². The SMILES string of the molecule is COc1cc(F)cc([C@@H](C)N(O)C(=O)[C@@H](C)N2Cc3ccc(-c4nc(NC5CCOCC5)ncc4Cl)cc3C2=O)c1. The molecule has 0 radical (unpaired) electrons. The first-order valence-electron chi connectivity index (χ1n) is 13.3. The summed E-state index contributed by atoms with van der Waals surface area (Å²) in [5, 5.41) is 14.9. The molecule has 0 unspecified atom stereocenters. The highest BCUT2D eigenvalue weighted by Gasteiger charge is 2.37. The van der Waals surface area contributed by atoms with E-state index < -0.39 is 23.8 Å². The number of amides is 2. The minimum absolute atomic E-state index is 0.186. The van der Waals surface area contributed by atoms with Gasteiger partial charge in [0.25, 0.3) is 11.8 Å². The standard InChI is InChI=1S/C29H31ClFN5O5/c1-16(20-10-21(31)13-23(11-20)40-3)36(39)27(37)17(2)35-15-19-5-4-18(12-24(19)28(35)38)26-25(30)14-32-29(34-26)33-22-6-8-41-9-7-22/h4-5,10-14,16-17,22,39H,6-9,15H2,1-3H3,(H,32,33,34)/t16-,17-/m1/s1. The van der Waals surface area contributed by atoms with Gasteiger partial charge in [0.1, 0.15) is 17.6 Å². The van der Waals surface area contributed by atoms with Crippen LogP contribution in [0.1, 0.15) is 54.2 Å². The molecule has 5 rings (SSSR count). The average Bonchev–Trinajstić information content (AvgIpc) is 3.32. The molecule has 1 saturated heterocycles. The fourth-order valence-corrected chi connectivity index (χ4v) is 5.25. The first-order chi connectivity index (χ1) is 19.7. The topological polar surface area (TPSA) is 117 Å². The molecule has 0 aliphatic carbocycles. The van der Waals surface area contributed by atoms with E-state index in [0.717, 1.165) is 18.4 Å². The third-order valence-electron chi connectivity index (χ3n) is 7.54. The Morgan fingerprint density at radius 3 is 2.73 bits per heavy atom. The maximum Gasteiger partial charge on any atom is 0.269 e. The van der Waals surface area contributed by atoms with Crippen LogP contribution >= 0.6 is 11.6 Å². The number of rotatable bonds is 8. The Morgan fingerprint density at radius 2 is 2.00 bits per heavy atom. The number of nitrogens with zero attached hydrogens (tertiary/aromatic N) is 4. The molecule has 1 fully saturated rings. The molecule has 10 nitrogen and oxygen atoms in total. The van der Waals surface area contributed by atoms with E-state index in [2.05, 4.69) is 15.3 Å². The molecule has 3 heterocycles. The number of ether oxygens (including phenoxy) is 2. The normalized spacial score (nSPS) is 16.7. The van der Waals surface area contributed by atoms with Crippen LogP contribution in [0.4, 0.5) is 10.3 Å². The summed E-state index contributed by atoms with van der Waals surface area (Å²) in [4.78, 5) is 37.0. The van der Waals surface area contributed by atoms with Crippen molar-refractivity contribution in [2.75, 3.05) is 25.6 Å². The van der Waals surface area contributed by atoms with Crippen LogP contribution in [0.15, 0.2) is 42.6 Å². The fraction of sp³-hybridized carbons (Fsp3) is 0.379. The molecular formula is C29H31ClFN5O5. The number of hydroxylamine groups is 2. The van der Waals surface area contributed by atoms with Crippen molar-refractivity contribution in [1.29, 1.82) is 0 Å². The average molecular weight is 584 g/mol. The number of anilines is 1. The molecule has 12 heteroatoms. The summed E-state index contributed by atoms with van der Waals surface area (Å²) in [7, 11) is 1.40. The molecule has 2 aliphatic rings. The zero-order valence-corrected chi connectivity index (χ0v) is 23.7. The van der Waals surface area contributed by atoms with Crippen LogP contribution in [0.3, 0.4) is 0 Å². The fourth-order valence-electron chi connectivity index (χ4n) is 5.05. The third-order valence-corrected chi connectivity index (χ3v) is 7.82. The van der Waals surface area contributed by atoms with Crippen molar-refractivity contribution in [2.45, 2.75) is 51.4 Å². The van der Waals surface area contributed by atoms with E-state index in [9.17, 15) is 19.2 Å². The van der Waals surface area contributed by atoms with E-state index in [4.69, 9.17) is 21.1 Å². The van der Waals surface area contributed by atoms with Gasteiger partial charge in [-0.1, -0.05) is 23.7 Å². The lowest BCUT2D eigenvalue weighted by atomic mass is 10.0. The van der Waals surface area contributed by atoms with Crippen molar-refractivity contribution in [3.63, 3.8) is 0 Å². The molecule has 41 heavy (non-hydrogen) atoms. The summed E-state index contributed by atoms with van der Waals surface area (Å²) < 4.78 is 24.5. The predicted octanol–water partition coefficient (Wildman–Crippen LogP) is 4.86. The number of fused-ring (bicyclic) bond motifs is 1. The summed E-state index contributed by atoms with van der Waals surface area (Å²) in [5.41, 5.74) is 2.62. The Kier molecular flexibility index (Phi) is 8.39. The minimum atomic E-state index is -0.987. The number of nitrogens with one attached hydrogen (secondary N) is 1. The van der Waals surface area contributed by atoms with Crippen LogP contribution in [0.25, 0.3) is 11.3 Å². The van der Waals surface area contributed by atoms with Crippen molar-refractivity contribution in [3.8, 4) is 17.0 Å². The predicted molar refractivity (Wildman–Crippen MR) is 149 cm³/mol. The van der Waals surface area contributed by atoms with Gasteiger partial charge in [-0.25, -0.2) is 19.4 Å². The van der Waals surface area contributed by atoms with E-state index in [0.29, 0.717) is 51.6 Å². The molecule has 2 aliphatic heterocycles. The highest BCUT2D eigenvalue weighted by molar-refractivity contribution is 6.33. The molecule has 1 aromatic heterocycles. The van der Waals surface area contributed by atoms with E-state index in [1.54, 1.807) is 19.9 Å². The van der Waals surface area contributed by atoms with Crippen molar-refractivity contribution in [2.24, 2.45) is 0 Å². The van der Waals surface area contributed by atoms with Gasteiger partial charge in [-0.15, -0.1) is 0 Å². The van der Waals surface area contributed by atoms with Crippen molar-refractivity contribution in [1.82, 2.24) is 19.9 Å². The van der Waals surface area contributed by atoms with Crippen molar-refractivity contribution in [3.05, 3.63) is 70.1 Å². The second-order valence-corrected chi connectivity index (χ2v) is 10.6. The number of carbonyl (C=O) groups is 2. The number of benzene rings is 2. The van der Waals surface area contributed by atoms with E-state index in [1.165, 1.54) is 36.4 Å². The molecule has 2 N–H and O–H groups in total. The van der Waals surface area contributed by atoms with Crippen LogP contribution in [-0.4, -0.2) is 69.4 Å². The molecule has 0 saturated carbocycles. The largest absolute Gasteiger partial charge is 0.497 e. The van der Waals surface area contributed by atoms with E-state index >= 15 is 0 Å². The van der Waals surface area contributed by atoms with Gasteiger partial charge in [-0.05, 0) is 56.0 Å². The maximum atomic E-state index is 14.0. The second-order valence-electron chi connectivity index (χ2n) is 10.2. The van der Waals surface area contributed by atoms with Gasteiger partial charge < -0.3 is 19.7 Å². The summed E-state index contributed by atoms with van der Waals surface area (Å²) in [6, 6.07) is 7.63. The Hall–Kier alpha value is -3.80. The smallest absolute Gasteiger partial charge is 0.269 e. The van der Waals surface area contributed by atoms with Gasteiger partial charge in [0.2, 0.25) is 5.95 Å². The van der Waals surface area contributed by atoms with E-state index in [-0.39, 0.29) is 24.2 Å². The number of halogens is 2. The summed E-state index contributed by atoms with van der Waals surface area (Å²) in [6.45, 7) is 4.64. The molecule has 216 valence electrons. The Morgan fingerprint density at radius 1 is 1.24 bits per heavy atom. The molecule has 2 amide bonds. The number of hydrogen-bond acceptors (Lipinski definition) is 8. The maximum absolute atomic E-state index is 14.0. The van der Waals surface area contributed by atoms with Crippen molar-refractivity contribution >= 4 is 29.4 Å². The zero-order chi connectivity index (χ0) is 29.3. The number of methoxy groups -OCH3 is 1. The van der Waals surface area contributed by atoms with Crippen LogP contribution in [0.2, 0.25) is 5.02 Å². The number of hydrogen-bond donors (Lipinski definition) is 2. The van der Waals surface area contributed by atoms with Gasteiger partial charge in [0.15, 0.2) is 0 Å². The second kappa shape index (κ2) is 12.0. The summed E-state index contributed by atoms with van der Waals surface area (Å²) in [5.74, 6) is -0.919. The zero-order valence-electron chi connectivity index (χ0n) is 22.9. The first kappa shape index (κ1) is 28.7.